The lowest BCUT2D eigenvalue weighted by Crippen LogP contribution is -2.06. The van der Waals surface area contributed by atoms with Gasteiger partial charge in [0.2, 0.25) is 0 Å². The summed E-state index contributed by atoms with van der Waals surface area (Å²) in [4.78, 5) is 0. The van der Waals surface area contributed by atoms with E-state index in [0.717, 1.165) is 12.1 Å². The van der Waals surface area contributed by atoms with E-state index >= 15 is 0 Å². The molecular formula is C14H10F3N3O. The second-order valence-corrected chi connectivity index (χ2v) is 4.44. The predicted molar refractivity (Wildman–Crippen MR) is 70.7 cm³/mol. The monoisotopic (exact) mass is 293 g/mol. The van der Waals surface area contributed by atoms with Gasteiger partial charge < -0.3 is 10.2 Å². The SMILES string of the molecule is Nc1cn(-c2cccc(C(F)(F)F)c2)nc1-c1ccoc1. The van der Waals surface area contributed by atoms with Crippen molar-refractivity contribution in [3.05, 3.63) is 54.6 Å². The minimum atomic E-state index is -4.40. The Bertz CT molecular complexity index is 760. The van der Waals surface area contributed by atoms with Gasteiger partial charge in [-0.2, -0.15) is 18.3 Å². The fraction of sp³-hybridized carbons (Fsp3) is 0.0714. The van der Waals surface area contributed by atoms with Crippen LogP contribution in [0.2, 0.25) is 0 Å². The molecule has 21 heavy (non-hydrogen) atoms. The van der Waals surface area contributed by atoms with Crippen molar-refractivity contribution >= 4 is 5.69 Å². The highest BCUT2D eigenvalue weighted by molar-refractivity contribution is 5.71. The number of aromatic nitrogens is 2. The van der Waals surface area contributed by atoms with Crippen molar-refractivity contribution in [3.8, 4) is 16.9 Å². The number of nitrogens with zero attached hydrogens (tertiary/aromatic N) is 2. The van der Waals surface area contributed by atoms with Gasteiger partial charge in [0.05, 0.1) is 35.7 Å². The number of nitrogen functional groups attached to an aromatic ring is 1. The highest BCUT2D eigenvalue weighted by atomic mass is 19.4. The minimum Gasteiger partial charge on any atom is -0.472 e. The number of anilines is 1. The lowest BCUT2D eigenvalue weighted by Gasteiger charge is -2.08. The number of nitrogens with two attached hydrogens (primary N) is 1. The Balaban J connectivity index is 2.04. The van der Waals surface area contributed by atoms with Crippen LogP contribution in [0.15, 0.2) is 53.5 Å². The number of halogens is 3. The van der Waals surface area contributed by atoms with Crippen LogP contribution in [-0.4, -0.2) is 9.78 Å². The van der Waals surface area contributed by atoms with Crippen LogP contribution in [0.1, 0.15) is 5.56 Å². The van der Waals surface area contributed by atoms with Crippen LogP contribution in [0.25, 0.3) is 16.9 Å². The van der Waals surface area contributed by atoms with Crippen molar-refractivity contribution in [2.24, 2.45) is 0 Å². The third-order valence-corrected chi connectivity index (χ3v) is 2.98. The Labute approximate surface area is 117 Å². The van der Waals surface area contributed by atoms with Crippen molar-refractivity contribution in [1.82, 2.24) is 9.78 Å². The lowest BCUT2D eigenvalue weighted by atomic mass is 10.2. The maximum absolute atomic E-state index is 12.7. The summed E-state index contributed by atoms with van der Waals surface area (Å²) in [5.74, 6) is 0. The van der Waals surface area contributed by atoms with E-state index in [9.17, 15) is 13.2 Å². The molecule has 2 heterocycles. The summed E-state index contributed by atoms with van der Waals surface area (Å²) < 4.78 is 44.4. The van der Waals surface area contributed by atoms with Crippen LogP contribution in [-0.2, 0) is 6.18 Å². The van der Waals surface area contributed by atoms with Gasteiger partial charge in [-0.05, 0) is 24.3 Å². The first-order chi connectivity index (χ1) is 9.95. The van der Waals surface area contributed by atoms with Crippen molar-refractivity contribution in [2.75, 3.05) is 5.73 Å². The van der Waals surface area contributed by atoms with Gasteiger partial charge in [-0.15, -0.1) is 0 Å². The molecule has 7 heteroatoms. The van der Waals surface area contributed by atoms with Crippen molar-refractivity contribution in [2.45, 2.75) is 6.18 Å². The standard InChI is InChI=1S/C14H10F3N3O/c15-14(16,17)10-2-1-3-11(6-10)20-7-12(18)13(19-20)9-4-5-21-8-9/h1-8H,18H2. The number of furan rings is 1. The molecule has 0 bridgehead atoms. The zero-order valence-electron chi connectivity index (χ0n) is 10.6. The normalized spacial score (nSPS) is 11.8. The summed E-state index contributed by atoms with van der Waals surface area (Å²) in [6.07, 6.45) is 0.00710. The fourth-order valence-electron chi connectivity index (χ4n) is 1.97. The van der Waals surface area contributed by atoms with E-state index in [4.69, 9.17) is 10.2 Å². The molecule has 1 aromatic carbocycles. The third kappa shape index (κ3) is 2.49. The summed E-state index contributed by atoms with van der Waals surface area (Å²) in [5, 5.41) is 4.21. The van der Waals surface area contributed by atoms with Crippen LogP contribution in [0.3, 0.4) is 0 Å². The van der Waals surface area contributed by atoms with E-state index in [1.807, 2.05) is 0 Å². The predicted octanol–water partition coefficient (Wildman–Crippen LogP) is 3.73. The maximum atomic E-state index is 12.7. The Morgan fingerprint density at radius 1 is 1.19 bits per heavy atom. The average molecular weight is 293 g/mol. The number of benzene rings is 1. The summed E-state index contributed by atoms with van der Waals surface area (Å²) in [7, 11) is 0. The first-order valence-corrected chi connectivity index (χ1v) is 6.00. The first-order valence-electron chi connectivity index (χ1n) is 6.00. The quantitative estimate of drug-likeness (QED) is 0.783. The molecule has 0 radical (unpaired) electrons. The molecule has 3 rings (SSSR count). The molecule has 0 aliphatic rings. The molecule has 3 aromatic rings. The highest BCUT2D eigenvalue weighted by Crippen LogP contribution is 2.31. The summed E-state index contributed by atoms with van der Waals surface area (Å²) in [6, 6.07) is 6.56. The molecule has 0 fully saturated rings. The van der Waals surface area contributed by atoms with Gasteiger partial charge in [-0.25, -0.2) is 4.68 Å². The molecule has 0 spiro atoms. The first kappa shape index (κ1) is 13.3. The number of hydrogen-bond donors (Lipinski definition) is 1. The van der Waals surface area contributed by atoms with Crippen molar-refractivity contribution in [3.63, 3.8) is 0 Å². The van der Waals surface area contributed by atoms with Gasteiger partial charge in [0.25, 0.3) is 0 Å². The zero-order chi connectivity index (χ0) is 15.0. The number of alkyl halides is 3. The van der Waals surface area contributed by atoms with Crippen LogP contribution >= 0.6 is 0 Å². The molecular weight excluding hydrogens is 283 g/mol. The molecule has 0 amide bonds. The Kier molecular flexibility index (Phi) is 2.97. The fourth-order valence-corrected chi connectivity index (χ4v) is 1.97. The molecule has 0 unspecified atom stereocenters. The van der Waals surface area contributed by atoms with Gasteiger partial charge in [0, 0.05) is 5.56 Å². The van der Waals surface area contributed by atoms with Crippen LogP contribution < -0.4 is 5.73 Å². The van der Waals surface area contributed by atoms with E-state index < -0.39 is 11.7 Å². The number of hydrogen-bond acceptors (Lipinski definition) is 3. The average Bonchev–Trinajstić information content (AvgIpc) is 3.07. The van der Waals surface area contributed by atoms with E-state index in [1.54, 1.807) is 6.07 Å². The molecule has 108 valence electrons. The zero-order valence-corrected chi connectivity index (χ0v) is 10.6. The van der Waals surface area contributed by atoms with Gasteiger partial charge in [0.15, 0.2) is 0 Å². The second kappa shape index (κ2) is 4.69. The number of rotatable bonds is 2. The molecule has 2 aromatic heterocycles. The third-order valence-electron chi connectivity index (χ3n) is 2.98. The van der Waals surface area contributed by atoms with Gasteiger partial charge in [-0.3, -0.25) is 0 Å². The van der Waals surface area contributed by atoms with E-state index in [2.05, 4.69) is 5.10 Å². The molecule has 0 aliphatic carbocycles. The van der Waals surface area contributed by atoms with Gasteiger partial charge >= 0.3 is 6.18 Å². The van der Waals surface area contributed by atoms with Gasteiger partial charge in [-0.1, -0.05) is 6.07 Å². The van der Waals surface area contributed by atoms with Crippen molar-refractivity contribution < 1.29 is 17.6 Å². The summed E-state index contributed by atoms with van der Waals surface area (Å²) in [5.41, 5.74) is 6.87. The van der Waals surface area contributed by atoms with Crippen LogP contribution in [0.4, 0.5) is 18.9 Å². The molecule has 0 atom stereocenters. The summed E-state index contributed by atoms with van der Waals surface area (Å²) in [6.45, 7) is 0. The molecule has 0 aliphatic heterocycles. The van der Waals surface area contributed by atoms with Crippen molar-refractivity contribution in [1.29, 1.82) is 0 Å². The molecule has 4 nitrogen and oxygen atoms in total. The largest absolute Gasteiger partial charge is 0.472 e. The van der Waals surface area contributed by atoms with E-state index in [1.165, 1.54) is 35.5 Å². The topological polar surface area (TPSA) is 57.0 Å². The van der Waals surface area contributed by atoms with Crippen LogP contribution in [0.5, 0.6) is 0 Å². The Morgan fingerprint density at radius 3 is 2.67 bits per heavy atom. The molecule has 0 saturated heterocycles. The lowest BCUT2D eigenvalue weighted by molar-refractivity contribution is -0.137. The summed E-state index contributed by atoms with van der Waals surface area (Å²) >= 11 is 0. The van der Waals surface area contributed by atoms with Crippen LogP contribution in [0, 0.1) is 0 Å². The molecule has 2 N–H and O–H groups in total. The van der Waals surface area contributed by atoms with Gasteiger partial charge in [0.1, 0.15) is 5.69 Å². The smallest absolute Gasteiger partial charge is 0.416 e. The Morgan fingerprint density at radius 2 is 2.00 bits per heavy atom. The minimum absolute atomic E-state index is 0.284. The van der Waals surface area contributed by atoms with E-state index in [0.29, 0.717) is 16.9 Å². The van der Waals surface area contributed by atoms with E-state index in [-0.39, 0.29) is 5.69 Å². The second-order valence-electron chi connectivity index (χ2n) is 4.44. The highest BCUT2D eigenvalue weighted by Gasteiger charge is 2.30. The Hall–Kier alpha value is -2.70. The molecule has 0 saturated carbocycles. The maximum Gasteiger partial charge on any atom is 0.416 e.